The van der Waals surface area contributed by atoms with Crippen molar-refractivity contribution in [2.45, 2.75) is 46.0 Å². The fourth-order valence-corrected chi connectivity index (χ4v) is 2.57. The second-order valence-corrected chi connectivity index (χ2v) is 6.34. The Kier molecular flexibility index (Phi) is 7.87. The molecule has 0 amide bonds. The predicted molar refractivity (Wildman–Crippen MR) is 102 cm³/mol. The minimum atomic E-state index is -0.496. The largest absolute Gasteiger partial charge is 0.462 e. The molecule has 2 rings (SSSR count). The summed E-state index contributed by atoms with van der Waals surface area (Å²) < 4.78 is 10.6. The average molecular weight is 354 g/mol. The molecule has 0 unspecified atom stereocenters. The van der Waals surface area contributed by atoms with Gasteiger partial charge in [-0.05, 0) is 49.2 Å². The predicted octanol–water partition coefficient (Wildman–Crippen LogP) is 5.34. The monoisotopic (exact) mass is 354 g/mol. The highest BCUT2D eigenvalue weighted by atomic mass is 16.5. The van der Waals surface area contributed by atoms with Crippen LogP contribution < -0.4 is 4.74 Å². The lowest BCUT2D eigenvalue weighted by atomic mass is 10.1. The summed E-state index contributed by atoms with van der Waals surface area (Å²) in [5, 5.41) is 0. The fourth-order valence-electron chi connectivity index (χ4n) is 2.57. The molecule has 0 radical (unpaired) electrons. The zero-order chi connectivity index (χ0) is 18.8. The molecule has 0 aliphatic heterocycles. The van der Waals surface area contributed by atoms with Crippen LogP contribution in [0.2, 0.25) is 0 Å². The third-order valence-electron chi connectivity index (χ3n) is 4.02. The van der Waals surface area contributed by atoms with Gasteiger partial charge in [-0.25, -0.2) is 9.59 Å². The maximum Gasteiger partial charge on any atom is 0.343 e. The van der Waals surface area contributed by atoms with E-state index in [0.717, 1.165) is 24.8 Å². The van der Waals surface area contributed by atoms with Crippen molar-refractivity contribution < 1.29 is 19.1 Å². The van der Waals surface area contributed by atoms with E-state index in [1.54, 1.807) is 30.3 Å². The van der Waals surface area contributed by atoms with Crippen molar-refractivity contribution in [3.05, 3.63) is 65.2 Å². The second-order valence-electron chi connectivity index (χ2n) is 6.34. The van der Waals surface area contributed by atoms with Crippen LogP contribution >= 0.6 is 0 Å². The van der Waals surface area contributed by atoms with Crippen LogP contribution in [0, 0.1) is 6.92 Å². The van der Waals surface area contributed by atoms with Gasteiger partial charge in [0.05, 0.1) is 17.7 Å². The van der Waals surface area contributed by atoms with Crippen molar-refractivity contribution in [3.63, 3.8) is 0 Å². The summed E-state index contributed by atoms with van der Waals surface area (Å²) in [4.78, 5) is 24.4. The van der Waals surface area contributed by atoms with Crippen LogP contribution in [-0.4, -0.2) is 18.5 Å². The van der Waals surface area contributed by atoms with Crippen LogP contribution in [0.1, 0.15) is 65.3 Å². The number of rotatable bonds is 9. The topological polar surface area (TPSA) is 52.6 Å². The summed E-state index contributed by atoms with van der Waals surface area (Å²) in [6.45, 7) is 4.49. The van der Waals surface area contributed by atoms with E-state index < -0.39 is 11.9 Å². The van der Waals surface area contributed by atoms with Gasteiger partial charge in [-0.15, -0.1) is 0 Å². The number of hydrogen-bond donors (Lipinski definition) is 0. The maximum atomic E-state index is 12.3. The summed E-state index contributed by atoms with van der Waals surface area (Å²) in [5.74, 6) is -0.425. The smallest absolute Gasteiger partial charge is 0.343 e. The third-order valence-corrected chi connectivity index (χ3v) is 4.02. The first-order valence-electron chi connectivity index (χ1n) is 9.16. The Bertz CT molecular complexity index is 736. The Balaban J connectivity index is 1.90. The highest BCUT2D eigenvalue weighted by Crippen LogP contribution is 2.16. The summed E-state index contributed by atoms with van der Waals surface area (Å²) in [6, 6.07) is 13.7. The molecular formula is C22H26O4. The molecule has 4 nitrogen and oxygen atoms in total. The van der Waals surface area contributed by atoms with Crippen molar-refractivity contribution in [2.75, 3.05) is 6.61 Å². The van der Waals surface area contributed by atoms with Gasteiger partial charge in [0.2, 0.25) is 0 Å². The van der Waals surface area contributed by atoms with E-state index in [2.05, 4.69) is 6.92 Å². The van der Waals surface area contributed by atoms with Crippen LogP contribution in [-0.2, 0) is 4.74 Å². The van der Waals surface area contributed by atoms with Crippen LogP contribution in [0.3, 0.4) is 0 Å². The van der Waals surface area contributed by atoms with Gasteiger partial charge >= 0.3 is 11.9 Å². The van der Waals surface area contributed by atoms with Crippen molar-refractivity contribution in [1.82, 2.24) is 0 Å². The molecular weight excluding hydrogens is 328 g/mol. The van der Waals surface area contributed by atoms with Crippen LogP contribution in [0.15, 0.2) is 48.5 Å². The summed E-state index contributed by atoms with van der Waals surface area (Å²) in [6.07, 6.45) is 5.48. The zero-order valence-electron chi connectivity index (χ0n) is 15.5. The van der Waals surface area contributed by atoms with E-state index in [-0.39, 0.29) is 0 Å². The Morgan fingerprint density at radius 3 is 2.27 bits per heavy atom. The summed E-state index contributed by atoms with van der Waals surface area (Å²) in [5.41, 5.74) is 1.69. The fraction of sp³-hybridized carbons (Fsp3) is 0.364. The molecule has 0 spiro atoms. The van der Waals surface area contributed by atoms with Gasteiger partial charge in [0.1, 0.15) is 5.75 Å². The molecule has 0 fully saturated rings. The van der Waals surface area contributed by atoms with Gasteiger partial charge in [-0.1, -0.05) is 50.8 Å². The normalized spacial score (nSPS) is 10.4. The number of benzene rings is 2. The number of carbonyl (C=O) groups excluding carboxylic acids is 2. The number of carbonyl (C=O) groups is 2. The summed E-state index contributed by atoms with van der Waals surface area (Å²) in [7, 11) is 0. The van der Waals surface area contributed by atoms with Crippen LogP contribution in [0.5, 0.6) is 5.75 Å². The lowest BCUT2D eigenvalue weighted by Crippen LogP contribution is -2.11. The first-order chi connectivity index (χ1) is 12.6. The number of unbranched alkanes of at least 4 members (excludes halogenated alkanes) is 4. The lowest BCUT2D eigenvalue weighted by molar-refractivity contribution is 0.0497. The van der Waals surface area contributed by atoms with Gasteiger partial charge in [-0.3, -0.25) is 0 Å². The van der Waals surface area contributed by atoms with Crippen molar-refractivity contribution in [3.8, 4) is 5.75 Å². The number of aryl methyl sites for hydroxylation is 1. The van der Waals surface area contributed by atoms with Crippen molar-refractivity contribution in [1.29, 1.82) is 0 Å². The van der Waals surface area contributed by atoms with Crippen molar-refractivity contribution in [2.24, 2.45) is 0 Å². The number of ether oxygens (including phenoxy) is 2. The van der Waals surface area contributed by atoms with Crippen molar-refractivity contribution >= 4 is 11.9 Å². The molecule has 0 aliphatic carbocycles. The third kappa shape index (κ3) is 6.36. The average Bonchev–Trinajstić information content (AvgIpc) is 2.64. The van der Waals surface area contributed by atoms with Crippen LogP contribution in [0.25, 0.3) is 0 Å². The Labute approximate surface area is 155 Å². The van der Waals surface area contributed by atoms with E-state index in [0.29, 0.717) is 23.5 Å². The SMILES string of the molecule is CCCCCCCOC(=O)c1cccc(C(=O)Oc2cccc(C)c2)c1. The van der Waals surface area contributed by atoms with Gasteiger partial charge in [-0.2, -0.15) is 0 Å². The van der Waals surface area contributed by atoms with Crippen LogP contribution in [0.4, 0.5) is 0 Å². The molecule has 4 heteroatoms. The molecule has 0 N–H and O–H groups in total. The Hall–Kier alpha value is -2.62. The Morgan fingerprint density at radius 2 is 1.54 bits per heavy atom. The van der Waals surface area contributed by atoms with Gasteiger partial charge in [0.25, 0.3) is 0 Å². The van der Waals surface area contributed by atoms with Gasteiger partial charge in [0.15, 0.2) is 0 Å². The van der Waals surface area contributed by atoms with E-state index in [1.165, 1.54) is 18.9 Å². The zero-order valence-corrected chi connectivity index (χ0v) is 15.5. The first kappa shape index (κ1) is 19.7. The Morgan fingerprint density at radius 1 is 0.846 bits per heavy atom. The maximum absolute atomic E-state index is 12.3. The molecule has 0 aromatic heterocycles. The van der Waals surface area contributed by atoms with E-state index in [4.69, 9.17) is 9.47 Å². The molecule has 0 heterocycles. The lowest BCUT2D eigenvalue weighted by Gasteiger charge is -2.07. The second kappa shape index (κ2) is 10.4. The molecule has 0 saturated carbocycles. The molecule has 0 aliphatic rings. The molecule has 2 aromatic carbocycles. The molecule has 0 atom stereocenters. The van der Waals surface area contributed by atoms with E-state index >= 15 is 0 Å². The van der Waals surface area contributed by atoms with Gasteiger partial charge < -0.3 is 9.47 Å². The molecule has 0 saturated heterocycles. The highest BCUT2D eigenvalue weighted by Gasteiger charge is 2.13. The first-order valence-corrected chi connectivity index (χ1v) is 9.16. The molecule has 0 bridgehead atoms. The molecule has 138 valence electrons. The minimum Gasteiger partial charge on any atom is -0.462 e. The number of esters is 2. The quantitative estimate of drug-likeness (QED) is 0.346. The standard InChI is InChI=1S/C22H26O4/c1-3-4-5-6-7-14-25-21(23)18-11-9-12-19(16-18)22(24)26-20-13-8-10-17(2)15-20/h8-13,15-16H,3-7,14H2,1-2H3. The van der Waals surface area contributed by atoms with E-state index in [9.17, 15) is 9.59 Å². The van der Waals surface area contributed by atoms with Gasteiger partial charge in [0, 0.05) is 0 Å². The number of hydrogen-bond acceptors (Lipinski definition) is 4. The molecule has 26 heavy (non-hydrogen) atoms. The summed E-state index contributed by atoms with van der Waals surface area (Å²) >= 11 is 0. The minimum absolute atomic E-state index is 0.323. The highest BCUT2D eigenvalue weighted by molar-refractivity contribution is 5.96. The van der Waals surface area contributed by atoms with E-state index in [1.807, 2.05) is 19.1 Å². The molecule has 2 aromatic rings.